The molecule has 0 amide bonds. The van der Waals surface area contributed by atoms with Crippen LogP contribution in [0.2, 0.25) is 0 Å². The van der Waals surface area contributed by atoms with Crippen LogP contribution in [0.5, 0.6) is 0 Å². The van der Waals surface area contributed by atoms with Crippen LogP contribution >= 0.6 is 0 Å². The van der Waals surface area contributed by atoms with Gasteiger partial charge in [0.1, 0.15) is 5.82 Å². The fourth-order valence-electron chi connectivity index (χ4n) is 4.22. The molecule has 4 rings (SSSR count). The summed E-state index contributed by atoms with van der Waals surface area (Å²) in [6.45, 7) is 5.53. The van der Waals surface area contributed by atoms with Crippen LogP contribution in [-0.4, -0.2) is 40.3 Å². The van der Waals surface area contributed by atoms with Crippen molar-refractivity contribution in [2.24, 2.45) is 0 Å². The van der Waals surface area contributed by atoms with Crippen molar-refractivity contribution in [1.29, 1.82) is 0 Å². The molecule has 4 heteroatoms. The third-order valence-electron chi connectivity index (χ3n) is 5.47. The summed E-state index contributed by atoms with van der Waals surface area (Å²) in [4.78, 5) is 2.67. The first-order chi connectivity index (χ1) is 11.3. The van der Waals surface area contributed by atoms with Crippen molar-refractivity contribution in [3.63, 3.8) is 0 Å². The Bertz CT molecular complexity index is 673. The Balaban J connectivity index is 1.54. The maximum atomic E-state index is 4.36. The number of nitrogens with zero attached hydrogens (tertiary/aromatic N) is 3. The summed E-state index contributed by atoms with van der Waals surface area (Å²) in [5.41, 5.74) is 3.70. The quantitative estimate of drug-likeness (QED) is 0.938. The Morgan fingerprint density at radius 3 is 2.57 bits per heavy atom. The summed E-state index contributed by atoms with van der Waals surface area (Å²) in [6.07, 6.45) is 5.28. The molecule has 0 saturated carbocycles. The molecular weight excluding hydrogens is 284 g/mol. The van der Waals surface area contributed by atoms with E-state index in [0.717, 1.165) is 23.6 Å². The normalized spacial score (nSPS) is 19.7. The predicted molar refractivity (Wildman–Crippen MR) is 93.5 cm³/mol. The summed E-state index contributed by atoms with van der Waals surface area (Å²) >= 11 is 0. The van der Waals surface area contributed by atoms with Crippen molar-refractivity contribution in [2.75, 3.05) is 25.0 Å². The van der Waals surface area contributed by atoms with Gasteiger partial charge < -0.3 is 5.32 Å². The molecule has 2 aliphatic heterocycles. The number of anilines is 1. The van der Waals surface area contributed by atoms with E-state index in [1.807, 2.05) is 13.0 Å². The number of aromatic nitrogens is 2. The molecule has 3 heterocycles. The molecule has 0 atom stereocenters. The van der Waals surface area contributed by atoms with Crippen LogP contribution in [0.25, 0.3) is 11.1 Å². The fraction of sp³-hybridized carbons (Fsp3) is 0.474. The molecule has 0 unspecified atom stereocenters. The molecule has 0 spiro atoms. The van der Waals surface area contributed by atoms with Gasteiger partial charge in [-0.25, -0.2) is 0 Å². The van der Waals surface area contributed by atoms with Gasteiger partial charge in [-0.05, 0) is 57.3 Å². The van der Waals surface area contributed by atoms with E-state index in [0.29, 0.717) is 5.54 Å². The topological polar surface area (TPSA) is 41.1 Å². The van der Waals surface area contributed by atoms with Crippen molar-refractivity contribution >= 4 is 5.82 Å². The highest BCUT2D eigenvalue weighted by molar-refractivity contribution is 5.68. The van der Waals surface area contributed by atoms with E-state index in [1.54, 1.807) is 0 Å². The molecule has 1 aromatic carbocycles. The molecule has 1 N–H and O–H groups in total. The molecule has 120 valence electrons. The van der Waals surface area contributed by atoms with Crippen molar-refractivity contribution < 1.29 is 0 Å². The second-order valence-corrected chi connectivity index (χ2v) is 6.87. The van der Waals surface area contributed by atoms with Crippen LogP contribution in [0.4, 0.5) is 5.82 Å². The lowest BCUT2D eigenvalue weighted by Gasteiger charge is -2.32. The highest BCUT2D eigenvalue weighted by Gasteiger charge is 2.43. The standard InChI is InChI=1S/C19H24N4/c1-15-17(16-7-3-2-4-8-16)13-18(22-21-15)20-14-19-9-5-11-23(19)12-6-10-19/h2-4,7-8,13H,5-6,9-12,14H2,1H3,(H,20,22). The first-order valence-electron chi connectivity index (χ1n) is 8.66. The third kappa shape index (κ3) is 2.72. The van der Waals surface area contributed by atoms with Crippen molar-refractivity contribution in [3.05, 3.63) is 42.1 Å². The molecule has 4 nitrogen and oxygen atoms in total. The molecule has 0 radical (unpaired) electrons. The molecule has 2 fully saturated rings. The number of rotatable bonds is 4. The van der Waals surface area contributed by atoms with Crippen LogP contribution in [0.3, 0.4) is 0 Å². The van der Waals surface area contributed by atoms with Crippen LogP contribution in [-0.2, 0) is 0 Å². The molecule has 2 aliphatic rings. The minimum atomic E-state index is 0.361. The first-order valence-corrected chi connectivity index (χ1v) is 8.66. The smallest absolute Gasteiger partial charge is 0.149 e. The average molecular weight is 308 g/mol. The first kappa shape index (κ1) is 14.6. The molecule has 2 aromatic rings. The molecule has 2 saturated heterocycles. The van der Waals surface area contributed by atoms with E-state index in [1.165, 1.54) is 44.3 Å². The summed E-state index contributed by atoms with van der Waals surface area (Å²) in [5, 5.41) is 12.3. The highest BCUT2D eigenvalue weighted by atomic mass is 15.3. The zero-order valence-corrected chi connectivity index (χ0v) is 13.8. The van der Waals surface area contributed by atoms with Crippen molar-refractivity contribution in [1.82, 2.24) is 15.1 Å². The zero-order valence-electron chi connectivity index (χ0n) is 13.8. The largest absolute Gasteiger partial charge is 0.367 e. The third-order valence-corrected chi connectivity index (χ3v) is 5.47. The number of fused-ring (bicyclic) bond motifs is 1. The van der Waals surface area contributed by atoms with E-state index in [9.17, 15) is 0 Å². The number of nitrogens with one attached hydrogen (secondary N) is 1. The Morgan fingerprint density at radius 1 is 1.09 bits per heavy atom. The zero-order chi connectivity index (χ0) is 15.7. The number of aryl methyl sites for hydroxylation is 1. The SMILES string of the molecule is Cc1nnc(NCC23CCCN2CCC3)cc1-c1ccccc1. The molecular formula is C19H24N4. The van der Waals surface area contributed by atoms with Gasteiger partial charge in [-0.1, -0.05) is 30.3 Å². The second-order valence-electron chi connectivity index (χ2n) is 6.87. The lowest BCUT2D eigenvalue weighted by atomic mass is 9.94. The monoisotopic (exact) mass is 308 g/mol. The average Bonchev–Trinajstić information content (AvgIpc) is 3.15. The van der Waals surface area contributed by atoms with Gasteiger partial charge in [0.15, 0.2) is 0 Å². The summed E-state index contributed by atoms with van der Waals surface area (Å²) in [5.74, 6) is 0.891. The van der Waals surface area contributed by atoms with E-state index in [-0.39, 0.29) is 0 Å². The minimum absolute atomic E-state index is 0.361. The van der Waals surface area contributed by atoms with Gasteiger partial charge in [0.25, 0.3) is 0 Å². The van der Waals surface area contributed by atoms with Gasteiger partial charge in [0.05, 0.1) is 5.69 Å². The number of hydrogen-bond donors (Lipinski definition) is 1. The maximum absolute atomic E-state index is 4.36. The van der Waals surface area contributed by atoms with E-state index >= 15 is 0 Å². The number of benzene rings is 1. The maximum Gasteiger partial charge on any atom is 0.149 e. The molecule has 23 heavy (non-hydrogen) atoms. The van der Waals surface area contributed by atoms with Crippen LogP contribution in [0.15, 0.2) is 36.4 Å². The fourth-order valence-corrected chi connectivity index (χ4v) is 4.22. The van der Waals surface area contributed by atoms with Crippen LogP contribution in [0.1, 0.15) is 31.4 Å². The van der Waals surface area contributed by atoms with Gasteiger partial charge in [0, 0.05) is 17.6 Å². The van der Waals surface area contributed by atoms with Gasteiger partial charge >= 0.3 is 0 Å². The minimum Gasteiger partial charge on any atom is -0.367 e. The Hall–Kier alpha value is -1.94. The van der Waals surface area contributed by atoms with Crippen LogP contribution in [0, 0.1) is 6.92 Å². The van der Waals surface area contributed by atoms with Crippen molar-refractivity contribution in [2.45, 2.75) is 38.1 Å². The highest BCUT2D eigenvalue weighted by Crippen LogP contribution is 2.38. The van der Waals surface area contributed by atoms with Gasteiger partial charge in [-0.3, -0.25) is 4.90 Å². The van der Waals surface area contributed by atoms with Crippen LogP contribution < -0.4 is 5.32 Å². The molecule has 0 bridgehead atoms. The summed E-state index contributed by atoms with van der Waals surface area (Å²) < 4.78 is 0. The second kappa shape index (κ2) is 5.93. The van der Waals surface area contributed by atoms with Gasteiger partial charge in [-0.2, -0.15) is 5.10 Å². The van der Waals surface area contributed by atoms with E-state index in [2.05, 4.69) is 50.7 Å². The number of hydrogen-bond acceptors (Lipinski definition) is 4. The Kier molecular flexibility index (Phi) is 3.77. The van der Waals surface area contributed by atoms with Gasteiger partial charge in [0.2, 0.25) is 0 Å². The Labute approximate surface area is 137 Å². The summed E-state index contributed by atoms with van der Waals surface area (Å²) in [7, 11) is 0. The van der Waals surface area contributed by atoms with Gasteiger partial charge in [-0.15, -0.1) is 5.10 Å². The summed E-state index contributed by atoms with van der Waals surface area (Å²) in [6, 6.07) is 12.6. The Morgan fingerprint density at radius 2 is 1.83 bits per heavy atom. The van der Waals surface area contributed by atoms with Crippen molar-refractivity contribution in [3.8, 4) is 11.1 Å². The van der Waals surface area contributed by atoms with E-state index < -0.39 is 0 Å². The lowest BCUT2D eigenvalue weighted by molar-refractivity contribution is 0.209. The predicted octanol–water partition coefficient (Wildman–Crippen LogP) is 3.49. The lowest BCUT2D eigenvalue weighted by Crippen LogP contribution is -2.44. The molecule has 0 aliphatic carbocycles. The molecule has 1 aromatic heterocycles. The van der Waals surface area contributed by atoms with E-state index in [4.69, 9.17) is 0 Å².